The van der Waals surface area contributed by atoms with Gasteiger partial charge in [-0.1, -0.05) is 6.92 Å². The predicted octanol–water partition coefficient (Wildman–Crippen LogP) is 3.73. The Morgan fingerprint density at radius 2 is 1.80 bits per heavy atom. The van der Waals surface area contributed by atoms with E-state index in [1.807, 2.05) is 13.8 Å². The number of hydrogen-bond acceptors (Lipinski definition) is 4. The highest BCUT2D eigenvalue weighted by Gasteiger charge is 2.27. The van der Waals surface area contributed by atoms with E-state index in [0.29, 0.717) is 13.2 Å². The number of aryl methyl sites for hydroxylation is 2. The topological polar surface area (TPSA) is 59.2 Å². The number of rotatable bonds is 6. The fourth-order valence-corrected chi connectivity index (χ4v) is 3.33. The second kappa shape index (κ2) is 8.59. The predicted molar refractivity (Wildman–Crippen MR) is 102 cm³/mol. The number of aromatic amines is 1. The van der Waals surface area contributed by atoms with Crippen molar-refractivity contribution in [1.82, 2.24) is 15.3 Å². The first-order valence-corrected chi connectivity index (χ1v) is 8.89. The van der Waals surface area contributed by atoms with E-state index in [1.165, 1.54) is 11.1 Å². The van der Waals surface area contributed by atoms with Gasteiger partial charge < -0.3 is 19.8 Å². The van der Waals surface area contributed by atoms with E-state index in [-0.39, 0.29) is 18.4 Å². The van der Waals surface area contributed by atoms with Crippen LogP contribution in [0.4, 0.5) is 0 Å². The summed E-state index contributed by atoms with van der Waals surface area (Å²) in [5, 5.41) is 3.61. The Bertz CT molecular complexity index is 715. The highest BCUT2D eigenvalue weighted by Crippen LogP contribution is 2.38. The third-order valence-electron chi connectivity index (χ3n) is 4.44. The van der Waals surface area contributed by atoms with Gasteiger partial charge in [0.2, 0.25) is 0 Å². The quantitative estimate of drug-likeness (QED) is 0.818. The van der Waals surface area contributed by atoms with E-state index in [9.17, 15) is 0 Å². The van der Waals surface area contributed by atoms with Gasteiger partial charge in [-0.05, 0) is 50.5 Å². The van der Waals surface area contributed by atoms with E-state index in [0.717, 1.165) is 48.1 Å². The number of ether oxygens (including phenoxy) is 2. The van der Waals surface area contributed by atoms with Crippen LogP contribution in [0.1, 0.15) is 55.2 Å². The number of fused-ring (bicyclic) bond motifs is 1. The summed E-state index contributed by atoms with van der Waals surface area (Å²) in [6, 6.07) is 4.36. The van der Waals surface area contributed by atoms with E-state index in [1.54, 1.807) is 0 Å². The van der Waals surface area contributed by atoms with Crippen LogP contribution in [0.15, 0.2) is 12.1 Å². The lowest BCUT2D eigenvalue weighted by Gasteiger charge is -2.28. The number of aromatic nitrogens is 2. The summed E-state index contributed by atoms with van der Waals surface area (Å²) < 4.78 is 11.6. The molecule has 1 unspecified atom stereocenters. The molecule has 25 heavy (non-hydrogen) atoms. The van der Waals surface area contributed by atoms with Gasteiger partial charge in [0.25, 0.3) is 0 Å². The molecule has 2 heterocycles. The summed E-state index contributed by atoms with van der Waals surface area (Å²) in [4.78, 5) is 8.18. The van der Waals surface area contributed by atoms with Gasteiger partial charge in [-0.15, -0.1) is 12.4 Å². The van der Waals surface area contributed by atoms with Crippen LogP contribution in [-0.2, 0) is 12.8 Å². The average molecular weight is 366 g/mol. The summed E-state index contributed by atoms with van der Waals surface area (Å²) in [6.07, 6.45) is 1.90. The van der Waals surface area contributed by atoms with Crippen molar-refractivity contribution in [2.24, 2.45) is 0 Å². The van der Waals surface area contributed by atoms with Gasteiger partial charge >= 0.3 is 0 Å². The van der Waals surface area contributed by atoms with Crippen molar-refractivity contribution in [2.45, 2.75) is 46.6 Å². The number of hydrogen-bond donors (Lipinski definition) is 2. The zero-order valence-corrected chi connectivity index (χ0v) is 16.3. The van der Waals surface area contributed by atoms with Crippen molar-refractivity contribution in [3.8, 4) is 11.5 Å². The van der Waals surface area contributed by atoms with Gasteiger partial charge in [-0.3, -0.25) is 0 Å². The monoisotopic (exact) mass is 365 g/mol. The minimum atomic E-state index is 0. The molecule has 0 fully saturated rings. The summed E-state index contributed by atoms with van der Waals surface area (Å²) in [5.74, 6) is 2.69. The number of halogens is 1. The van der Waals surface area contributed by atoms with E-state index in [2.05, 4.69) is 36.3 Å². The maximum atomic E-state index is 5.82. The van der Waals surface area contributed by atoms with Crippen molar-refractivity contribution in [3.63, 3.8) is 0 Å². The van der Waals surface area contributed by atoms with E-state index in [4.69, 9.17) is 14.5 Å². The first-order chi connectivity index (χ1) is 11.7. The Kier molecular flexibility index (Phi) is 6.73. The molecule has 2 N–H and O–H groups in total. The van der Waals surface area contributed by atoms with Crippen molar-refractivity contribution in [2.75, 3.05) is 19.8 Å². The van der Waals surface area contributed by atoms with Crippen LogP contribution >= 0.6 is 12.4 Å². The minimum absolute atomic E-state index is 0. The molecule has 5 nitrogen and oxygen atoms in total. The summed E-state index contributed by atoms with van der Waals surface area (Å²) in [7, 11) is 0. The van der Waals surface area contributed by atoms with Gasteiger partial charge in [0, 0.05) is 18.7 Å². The normalized spacial score (nSPS) is 16.1. The van der Waals surface area contributed by atoms with Crippen LogP contribution in [0.3, 0.4) is 0 Å². The Morgan fingerprint density at radius 1 is 1.12 bits per heavy atom. The largest absolute Gasteiger partial charge is 0.490 e. The molecule has 2 aromatic rings. The molecule has 138 valence electrons. The number of H-pyrrole nitrogens is 1. The van der Waals surface area contributed by atoms with Crippen molar-refractivity contribution in [3.05, 3.63) is 40.5 Å². The number of nitrogens with zero attached hydrogens (tertiary/aromatic N) is 1. The Morgan fingerprint density at radius 3 is 2.40 bits per heavy atom. The Balaban J connectivity index is 0.00000225. The van der Waals surface area contributed by atoms with Gasteiger partial charge in [-0.2, -0.15) is 0 Å². The smallest absolute Gasteiger partial charge is 0.161 e. The second-order valence-electron chi connectivity index (χ2n) is 6.05. The van der Waals surface area contributed by atoms with E-state index >= 15 is 0 Å². The number of imidazole rings is 1. The van der Waals surface area contributed by atoms with Gasteiger partial charge in [-0.25, -0.2) is 4.98 Å². The molecule has 3 rings (SSSR count). The molecule has 0 saturated carbocycles. The van der Waals surface area contributed by atoms with Crippen LogP contribution in [0, 0.1) is 6.92 Å². The zero-order valence-electron chi connectivity index (χ0n) is 15.4. The summed E-state index contributed by atoms with van der Waals surface area (Å²) in [5.41, 5.74) is 4.76. The van der Waals surface area contributed by atoms with Crippen molar-refractivity contribution in [1.29, 1.82) is 0 Å². The van der Waals surface area contributed by atoms with Crippen molar-refractivity contribution < 1.29 is 9.47 Å². The molecule has 1 aliphatic rings. The second-order valence-corrected chi connectivity index (χ2v) is 6.05. The summed E-state index contributed by atoms with van der Waals surface area (Å²) >= 11 is 0. The average Bonchev–Trinajstić information content (AvgIpc) is 2.96. The molecule has 1 aromatic heterocycles. The molecule has 0 radical (unpaired) electrons. The Labute approximate surface area is 155 Å². The first-order valence-electron chi connectivity index (χ1n) is 8.89. The van der Waals surface area contributed by atoms with Crippen LogP contribution in [0.5, 0.6) is 11.5 Å². The molecule has 0 spiro atoms. The van der Waals surface area contributed by atoms with Crippen LogP contribution in [0.25, 0.3) is 0 Å². The lowest BCUT2D eigenvalue weighted by Crippen LogP contribution is -2.31. The molecule has 1 aromatic carbocycles. The molecular weight excluding hydrogens is 338 g/mol. The highest BCUT2D eigenvalue weighted by atomic mass is 35.5. The van der Waals surface area contributed by atoms with E-state index < -0.39 is 0 Å². The first kappa shape index (κ1) is 19.6. The third-order valence-corrected chi connectivity index (χ3v) is 4.44. The van der Waals surface area contributed by atoms with Gasteiger partial charge in [0.1, 0.15) is 5.82 Å². The summed E-state index contributed by atoms with van der Waals surface area (Å²) in [6.45, 7) is 10.4. The van der Waals surface area contributed by atoms with Crippen LogP contribution in [-0.4, -0.2) is 29.7 Å². The SMILES string of the molecule is CCOc1cc2c(cc1OCC)C(c1nc(CC)[nH]c1C)NCC2.Cl. The molecule has 1 atom stereocenters. The van der Waals surface area contributed by atoms with Gasteiger partial charge in [0.05, 0.1) is 24.9 Å². The molecule has 0 bridgehead atoms. The number of benzene rings is 1. The fourth-order valence-electron chi connectivity index (χ4n) is 3.33. The zero-order chi connectivity index (χ0) is 17.1. The molecule has 1 aliphatic heterocycles. The lowest BCUT2D eigenvalue weighted by atomic mass is 9.91. The molecule has 0 aliphatic carbocycles. The minimum Gasteiger partial charge on any atom is -0.490 e. The lowest BCUT2D eigenvalue weighted by molar-refractivity contribution is 0.286. The maximum Gasteiger partial charge on any atom is 0.161 e. The molecule has 0 amide bonds. The molecule has 0 saturated heterocycles. The van der Waals surface area contributed by atoms with Crippen LogP contribution < -0.4 is 14.8 Å². The van der Waals surface area contributed by atoms with Gasteiger partial charge in [0.15, 0.2) is 11.5 Å². The van der Waals surface area contributed by atoms with Crippen LogP contribution in [0.2, 0.25) is 0 Å². The van der Waals surface area contributed by atoms with Crippen molar-refractivity contribution >= 4 is 12.4 Å². The Hall–Kier alpha value is -1.72. The molecular formula is C19H28ClN3O2. The standard InChI is InChI=1S/C19H27N3O2.ClH/c1-5-17-21-12(4)18(22-17)19-14-11-16(24-7-3)15(23-6-2)10-13(14)8-9-20-19;/h10-11,19-20H,5-9H2,1-4H3,(H,21,22);1H. The number of nitrogens with one attached hydrogen (secondary N) is 2. The molecule has 6 heteroatoms. The fraction of sp³-hybridized carbons (Fsp3) is 0.526. The maximum absolute atomic E-state index is 5.82. The highest BCUT2D eigenvalue weighted by molar-refractivity contribution is 5.85. The third kappa shape index (κ3) is 3.93.